The summed E-state index contributed by atoms with van der Waals surface area (Å²) in [5.74, 6) is 0.597. The molecule has 0 bridgehead atoms. The molecule has 0 aliphatic carbocycles. The van der Waals surface area contributed by atoms with Gasteiger partial charge in [0.1, 0.15) is 18.9 Å². The SMILES string of the molecule is COCCCN(CC(=O)N1CCc2sccc2C1COc1ccc(Cl)c(C)c1)C(=O)Nc1ccc(C)cc1. The average molecular weight is 556 g/mol. The monoisotopic (exact) mass is 555 g/mol. The Morgan fingerprint density at radius 1 is 1.16 bits per heavy atom. The molecule has 7 nitrogen and oxygen atoms in total. The summed E-state index contributed by atoms with van der Waals surface area (Å²) in [5.41, 5.74) is 3.84. The van der Waals surface area contributed by atoms with Crippen LogP contribution >= 0.6 is 22.9 Å². The molecule has 38 heavy (non-hydrogen) atoms. The van der Waals surface area contributed by atoms with E-state index in [9.17, 15) is 9.59 Å². The van der Waals surface area contributed by atoms with Crippen molar-refractivity contribution < 1.29 is 19.1 Å². The number of carbonyl (C=O) groups excluding carboxylic acids is 2. The maximum atomic E-state index is 13.7. The van der Waals surface area contributed by atoms with Crippen molar-refractivity contribution in [2.75, 3.05) is 45.3 Å². The molecule has 1 unspecified atom stereocenters. The minimum absolute atomic E-state index is 0.0303. The van der Waals surface area contributed by atoms with Gasteiger partial charge in [-0.15, -0.1) is 11.3 Å². The van der Waals surface area contributed by atoms with Crippen LogP contribution in [0.4, 0.5) is 10.5 Å². The molecule has 1 aliphatic rings. The highest BCUT2D eigenvalue weighted by atomic mass is 35.5. The maximum absolute atomic E-state index is 13.7. The van der Waals surface area contributed by atoms with Crippen molar-refractivity contribution in [1.29, 1.82) is 0 Å². The summed E-state index contributed by atoms with van der Waals surface area (Å²) >= 11 is 7.88. The molecule has 1 N–H and O–H groups in total. The van der Waals surface area contributed by atoms with Gasteiger partial charge >= 0.3 is 6.03 Å². The van der Waals surface area contributed by atoms with Crippen LogP contribution in [0, 0.1) is 13.8 Å². The molecular weight excluding hydrogens is 522 g/mol. The number of rotatable bonds is 10. The van der Waals surface area contributed by atoms with Gasteiger partial charge in [-0.05, 0) is 79.6 Å². The second-order valence-electron chi connectivity index (χ2n) is 9.44. The van der Waals surface area contributed by atoms with Gasteiger partial charge in [0.05, 0.1) is 6.04 Å². The first-order chi connectivity index (χ1) is 18.4. The van der Waals surface area contributed by atoms with Crippen molar-refractivity contribution in [2.24, 2.45) is 0 Å². The van der Waals surface area contributed by atoms with Gasteiger partial charge in [-0.3, -0.25) is 4.79 Å². The molecule has 1 atom stereocenters. The van der Waals surface area contributed by atoms with E-state index in [1.165, 1.54) is 4.88 Å². The van der Waals surface area contributed by atoms with Crippen molar-refractivity contribution in [3.63, 3.8) is 0 Å². The van der Waals surface area contributed by atoms with Crippen molar-refractivity contribution in [1.82, 2.24) is 9.80 Å². The fraction of sp³-hybridized carbons (Fsp3) is 0.379. The minimum Gasteiger partial charge on any atom is -0.491 e. The van der Waals surface area contributed by atoms with Crippen molar-refractivity contribution in [2.45, 2.75) is 32.7 Å². The van der Waals surface area contributed by atoms with Gasteiger partial charge in [-0.25, -0.2) is 4.79 Å². The van der Waals surface area contributed by atoms with Crippen LogP contribution in [-0.2, 0) is 16.0 Å². The van der Waals surface area contributed by atoms with Crippen LogP contribution in [0.15, 0.2) is 53.9 Å². The number of hydrogen-bond donors (Lipinski definition) is 1. The molecule has 202 valence electrons. The first kappa shape index (κ1) is 28.0. The smallest absolute Gasteiger partial charge is 0.322 e. The van der Waals surface area contributed by atoms with Crippen molar-refractivity contribution >= 4 is 40.6 Å². The topological polar surface area (TPSA) is 71.1 Å². The second kappa shape index (κ2) is 13.1. The Labute approximate surface area is 233 Å². The molecule has 1 aromatic heterocycles. The van der Waals surface area contributed by atoms with E-state index < -0.39 is 0 Å². The zero-order valence-electron chi connectivity index (χ0n) is 22.0. The van der Waals surface area contributed by atoms with Gasteiger partial charge in [0.15, 0.2) is 0 Å². The van der Waals surface area contributed by atoms with Crippen LogP contribution < -0.4 is 10.1 Å². The Morgan fingerprint density at radius 2 is 1.95 bits per heavy atom. The third-order valence-electron chi connectivity index (χ3n) is 6.65. The first-order valence-corrected chi connectivity index (χ1v) is 14.0. The number of methoxy groups -OCH3 is 1. The third kappa shape index (κ3) is 7.07. The number of ether oxygens (including phenoxy) is 2. The molecule has 3 aromatic rings. The standard InChI is InChI=1S/C29H34ClN3O4S/c1-20-5-7-22(8-6-20)31-29(35)32(13-4-15-36-3)18-28(34)33-14-11-27-24(12-16-38-27)26(33)19-37-23-9-10-25(30)21(2)17-23/h5-10,12,16-17,26H,4,11,13-15,18-19H2,1-3H3,(H,31,35). The highest BCUT2D eigenvalue weighted by Crippen LogP contribution is 2.34. The van der Waals surface area contributed by atoms with E-state index >= 15 is 0 Å². The number of nitrogens with zero attached hydrogens (tertiary/aromatic N) is 2. The highest BCUT2D eigenvalue weighted by Gasteiger charge is 2.33. The summed E-state index contributed by atoms with van der Waals surface area (Å²) < 4.78 is 11.3. The van der Waals surface area contributed by atoms with Crippen molar-refractivity contribution in [3.8, 4) is 5.75 Å². The summed E-state index contributed by atoms with van der Waals surface area (Å²) in [6, 6.07) is 14.7. The quantitative estimate of drug-likeness (QED) is 0.307. The lowest BCUT2D eigenvalue weighted by molar-refractivity contribution is -0.135. The Balaban J connectivity index is 1.49. The largest absolute Gasteiger partial charge is 0.491 e. The lowest BCUT2D eigenvalue weighted by Crippen LogP contribution is -2.49. The zero-order chi connectivity index (χ0) is 27.1. The predicted octanol–water partition coefficient (Wildman–Crippen LogP) is 6.09. The number of aryl methyl sites for hydroxylation is 2. The molecule has 2 aromatic carbocycles. The molecule has 0 radical (unpaired) electrons. The van der Waals surface area contributed by atoms with E-state index in [0.717, 1.165) is 23.1 Å². The lowest BCUT2D eigenvalue weighted by atomic mass is 10.0. The van der Waals surface area contributed by atoms with Gasteiger partial charge in [0.2, 0.25) is 5.91 Å². The molecular formula is C29H34ClN3O4S. The van der Waals surface area contributed by atoms with E-state index in [0.29, 0.717) is 49.2 Å². The predicted molar refractivity (Wildman–Crippen MR) is 152 cm³/mol. The van der Waals surface area contributed by atoms with Crippen LogP contribution in [0.3, 0.4) is 0 Å². The van der Waals surface area contributed by atoms with Gasteiger partial charge in [-0.1, -0.05) is 29.3 Å². The number of carbonyl (C=O) groups is 2. The fourth-order valence-electron chi connectivity index (χ4n) is 4.50. The van der Waals surface area contributed by atoms with Gasteiger partial charge < -0.3 is 24.6 Å². The number of hydrogen-bond acceptors (Lipinski definition) is 5. The third-order valence-corrected chi connectivity index (χ3v) is 8.07. The summed E-state index contributed by atoms with van der Waals surface area (Å²) in [4.78, 5) is 31.6. The van der Waals surface area contributed by atoms with Crippen LogP contribution in [0.1, 0.15) is 34.0 Å². The normalized spacial score (nSPS) is 14.6. The van der Waals surface area contributed by atoms with Crippen LogP contribution in [0.25, 0.3) is 0 Å². The van der Waals surface area contributed by atoms with Crippen LogP contribution in [0.2, 0.25) is 5.02 Å². The number of benzene rings is 2. The van der Waals surface area contributed by atoms with E-state index in [-0.39, 0.29) is 24.5 Å². The van der Waals surface area contributed by atoms with E-state index in [4.69, 9.17) is 21.1 Å². The first-order valence-electron chi connectivity index (χ1n) is 12.7. The zero-order valence-corrected chi connectivity index (χ0v) is 23.6. The Kier molecular flexibility index (Phi) is 9.66. The molecule has 4 rings (SSSR count). The lowest BCUT2D eigenvalue weighted by Gasteiger charge is -2.37. The number of urea groups is 1. The molecule has 0 spiro atoms. The Morgan fingerprint density at radius 3 is 2.68 bits per heavy atom. The number of anilines is 1. The number of halogens is 1. The molecule has 3 amide bonds. The molecule has 9 heteroatoms. The number of amides is 3. The van der Waals surface area contributed by atoms with Gasteiger partial charge in [-0.2, -0.15) is 0 Å². The molecule has 0 saturated heterocycles. The van der Waals surface area contributed by atoms with E-state index in [1.54, 1.807) is 23.3 Å². The number of thiophene rings is 1. The van der Waals surface area contributed by atoms with E-state index in [2.05, 4.69) is 16.8 Å². The maximum Gasteiger partial charge on any atom is 0.322 e. The van der Waals surface area contributed by atoms with Crippen LogP contribution in [-0.4, -0.2) is 61.7 Å². The van der Waals surface area contributed by atoms with Gasteiger partial charge in [0.25, 0.3) is 0 Å². The second-order valence-corrected chi connectivity index (χ2v) is 10.8. The van der Waals surface area contributed by atoms with Crippen LogP contribution in [0.5, 0.6) is 5.75 Å². The molecule has 2 heterocycles. The average Bonchev–Trinajstić information content (AvgIpc) is 3.39. The fourth-order valence-corrected chi connectivity index (χ4v) is 5.55. The Hall–Kier alpha value is -3.07. The summed E-state index contributed by atoms with van der Waals surface area (Å²) in [7, 11) is 1.63. The van der Waals surface area contributed by atoms with E-state index in [1.807, 2.05) is 61.2 Å². The van der Waals surface area contributed by atoms with Crippen molar-refractivity contribution in [3.05, 3.63) is 80.5 Å². The number of fused-ring (bicyclic) bond motifs is 1. The molecule has 0 saturated carbocycles. The summed E-state index contributed by atoms with van der Waals surface area (Å²) in [5, 5.41) is 5.67. The molecule has 0 fully saturated rings. The summed E-state index contributed by atoms with van der Waals surface area (Å²) in [6.07, 6.45) is 1.41. The molecule has 1 aliphatic heterocycles. The minimum atomic E-state index is -0.309. The summed E-state index contributed by atoms with van der Waals surface area (Å²) in [6.45, 7) is 5.69. The highest BCUT2D eigenvalue weighted by molar-refractivity contribution is 7.10. The Bertz CT molecular complexity index is 1250. The van der Waals surface area contributed by atoms with Gasteiger partial charge in [0, 0.05) is 42.4 Å². The number of nitrogens with one attached hydrogen (secondary N) is 1.